The number of aliphatic carboxylic acids is 1. The molecule has 7 rings (SSSR count). The van der Waals surface area contributed by atoms with Gasteiger partial charge in [-0.25, -0.2) is 14.6 Å². The summed E-state index contributed by atoms with van der Waals surface area (Å²) < 4.78 is 21.7. The number of aromatic nitrogens is 4. The molecule has 0 radical (unpaired) electrons. The number of hydrogen-bond donors (Lipinski definition) is 2. The first kappa shape index (κ1) is 40.4. The highest BCUT2D eigenvalue weighted by Gasteiger charge is 2.72. The maximum atomic E-state index is 13.6. The topological polar surface area (TPSA) is 135 Å². The van der Waals surface area contributed by atoms with Crippen molar-refractivity contribution in [1.82, 2.24) is 19.7 Å². The van der Waals surface area contributed by atoms with Crippen LogP contribution in [0, 0.1) is 62.1 Å². The highest BCUT2D eigenvalue weighted by Crippen LogP contribution is 2.75. The standard InChI is InChI=1S/C45H69N5O5/c1-27(2)28(3)40(7)18-19-42(9)30-13-14-33-41(8)23-54-25-45(33,31(30)15-17-43(42,10)35(40)38(51)52)22-32(36(41)55-24-44(11,46)39(4,5)6)50-37(48-26-49-50)29-16-20-47-34(21-29)53-12/h15-16,20-21,26-28,30,32-33,35-36H,13-14,17-19,22-25,46H2,1-12H3,(H,51,52)/t28-,30+,32-,33+,35-,36+,40-,41-,42-,43+,44+,45+/m1/s1. The van der Waals surface area contributed by atoms with E-state index < -0.39 is 17.4 Å². The van der Waals surface area contributed by atoms with Crippen molar-refractivity contribution < 1.29 is 24.1 Å². The average Bonchev–Trinajstić information content (AvgIpc) is 3.60. The Bertz CT molecular complexity index is 1820. The van der Waals surface area contributed by atoms with E-state index in [4.69, 9.17) is 30.0 Å². The fourth-order valence-electron chi connectivity index (χ4n) is 13.0. The quantitative estimate of drug-likeness (QED) is 0.241. The molecule has 2 aromatic rings. The molecule has 1 aliphatic heterocycles. The van der Waals surface area contributed by atoms with Gasteiger partial charge in [0.05, 0.1) is 45.0 Å². The third-order valence-electron chi connectivity index (χ3n) is 17.5. The largest absolute Gasteiger partial charge is 0.481 e. The molecular weight excluding hydrogens is 691 g/mol. The number of ether oxygens (including phenoxy) is 3. The molecule has 2 aromatic heterocycles. The minimum absolute atomic E-state index is 0.161. The van der Waals surface area contributed by atoms with Gasteiger partial charge in [0.15, 0.2) is 5.82 Å². The Morgan fingerprint density at radius 2 is 1.80 bits per heavy atom. The average molecular weight is 760 g/mol. The van der Waals surface area contributed by atoms with Crippen LogP contribution < -0.4 is 10.5 Å². The number of fused-ring (bicyclic) bond motifs is 3. The molecule has 12 atom stereocenters. The molecule has 0 amide bonds. The first-order chi connectivity index (χ1) is 25.6. The van der Waals surface area contributed by atoms with E-state index in [-0.39, 0.29) is 50.6 Å². The molecule has 3 N–H and O–H groups in total. The van der Waals surface area contributed by atoms with Crippen molar-refractivity contribution in [2.24, 2.45) is 67.8 Å². The monoisotopic (exact) mass is 760 g/mol. The molecule has 4 fully saturated rings. The summed E-state index contributed by atoms with van der Waals surface area (Å²) in [5.41, 5.74) is 7.20. The highest BCUT2D eigenvalue weighted by molar-refractivity contribution is 5.73. The van der Waals surface area contributed by atoms with Crippen LogP contribution in [0.5, 0.6) is 5.88 Å². The van der Waals surface area contributed by atoms with Crippen molar-refractivity contribution in [1.29, 1.82) is 0 Å². The zero-order valence-electron chi connectivity index (χ0n) is 35.7. The van der Waals surface area contributed by atoms with E-state index in [1.807, 2.05) is 12.1 Å². The summed E-state index contributed by atoms with van der Waals surface area (Å²) in [6.07, 6.45) is 11.2. The van der Waals surface area contributed by atoms with Gasteiger partial charge in [0.2, 0.25) is 5.88 Å². The second kappa shape index (κ2) is 13.4. The summed E-state index contributed by atoms with van der Waals surface area (Å²) in [7, 11) is 1.63. The Hall–Kier alpha value is -2.82. The van der Waals surface area contributed by atoms with E-state index in [1.165, 1.54) is 5.57 Å². The molecule has 304 valence electrons. The van der Waals surface area contributed by atoms with Gasteiger partial charge in [-0.05, 0) is 96.8 Å². The maximum absolute atomic E-state index is 13.6. The van der Waals surface area contributed by atoms with Crippen LogP contribution in [0.2, 0.25) is 0 Å². The van der Waals surface area contributed by atoms with Crippen molar-refractivity contribution in [3.8, 4) is 17.3 Å². The molecule has 0 unspecified atom stereocenters. The van der Waals surface area contributed by atoms with Gasteiger partial charge < -0.3 is 25.1 Å². The minimum atomic E-state index is -0.632. The highest BCUT2D eigenvalue weighted by atomic mass is 16.5. The lowest BCUT2D eigenvalue weighted by Gasteiger charge is -2.71. The van der Waals surface area contributed by atoms with E-state index in [2.05, 4.69) is 91.9 Å². The SMILES string of the molecule is COc1cc(-c2ncnn2[C@@H]2C[C@@]34COC[C@](C)([C@@H]3CC[C@H]3C4=CC[C@@]4(C)[C@H](C(=O)O)[C@@](C)([C@H](C)C(C)C)CC[C@]34C)[C@H]2OC[C@](C)(N)C(C)(C)C)ccn1. The minimum Gasteiger partial charge on any atom is -0.481 e. The molecule has 0 aromatic carbocycles. The van der Waals surface area contributed by atoms with Crippen LogP contribution in [0.1, 0.15) is 121 Å². The predicted molar refractivity (Wildman–Crippen MR) is 214 cm³/mol. The van der Waals surface area contributed by atoms with Crippen LogP contribution in [0.25, 0.3) is 11.4 Å². The second-order valence-electron chi connectivity index (χ2n) is 21.1. The van der Waals surface area contributed by atoms with Crippen LogP contribution in [-0.2, 0) is 14.3 Å². The van der Waals surface area contributed by atoms with Gasteiger partial charge in [-0.1, -0.05) is 80.9 Å². The van der Waals surface area contributed by atoms with Gasteiger partial charge in [0.25, 0.3) is 0 Å². The molecule has 3 saturated carbocycles. The van der Waals surface area contributed by atoms with Crippen LogP contribution in [0.15, 0.2) is 36.3 Å². The molecular formula is C45H69N5O5. The van der Waals surface area contributed by atoms with E-state index in [0.29, 0.717) is 43.5 Å². The third-order valence-corrected chi connectivity index (χ3v) is 17.5. The van der Waals surface area contributed by atoms with E-state index in [9.17, 15) is 9.90 Å². The first-order valence-electron chi connectivity index (χ1n) is 20.9. The zero-order valence-corrected chi connectivity index (χ0v) is 35.7. The molecule has 4 aliphatic carbocycles. The fraction of sp³-hybridized carbons (Fsp3) is 0.778. The smallest absolute Gasteiger partial charge is 0.307 e. The normalized spacial score (nSPS) is 40.3. The maximum Gasteiger partial charge on any atom is 0.307 e. The van der Waals surface area contributed by atoms with Gasteiger partial charge in [-0.15, -0.1) is 0 Å². The van der Waals surface area contributed by atoms with Gasteiger partial charge in [0.1, 0.15) is 6.33 Å². The van der Waals surface area contributed by atoms with E-state index in [0.717, 1.165) is 49.9 Å². The van der Waals surface area contributed by atoms with Crippen molar-refractivity contribution in [2.75, 3.05) is 26.9 Å². The van der Waals surface area contributed by atoms with Crippen LogP contribution in [0.3, 0.4) is 0 Å². The van der Waals surface area contributed by atoms with E-state index in [1.54, 1.807) is 19.6 Å². The van der Waals surface area contributed by atoms with Gasteiger partial charge >= 0.3 is 5.97 Å². The summed E-state index contributed by atoms with van der Waals surface area (Å²) in [6.45, 7) is 26.5. The lowest BCUT2D eigenvalue weighted by Crippen LogP contribution is -2.69. The second-order valence-corrected chi connectivity index (χ2v) is 21.1. The summed E-state index contributed by atoms with van der Waals surface area (Å²) >= 11 is 0. The number of carbonyl (C=O) groups is 1. The van der Waals surface area contributed by atoms with Crippen LogP contribution in [0.4, 0.5) is 0 Å². The Balaban J connectivity index is 1.36. The molecule has 55 heavy (non-hydrogen) atoms. The number of carboxylic acids is 1. The van der Waals surface area contributed by atoms with Crippen molar-refractivity contribution in [3.63, 3.8) is 0 Å². The molecule has 0 spiro atoms. The van der Waals surface area contributed by atoms with Gasteiger partial charge in [0, 0.05) is 34.2 Å². The summed E-state index contributed by atoms with van der Waals surface area (Å²) in [6, 6.07) is 3.72. The molecule has 2 bridgehead atoms. The molecule has 1 saturated heterocycles. The number of methoxy groups -OCH3 is 1. The van der Waals surface area contributed by atoms with Gasteiger partial charge in [-0.3, -0.25) is 4.79 Å². The number of allylic oxidation sites excluding steroid dienone is 1. The predicted octanol–water partition coefficient (Wildman–Crippen LogP) is 8.63. The zero-order chi connectivity index (χ0) is 40.1. The van der Waals surface area contributed by atoms with Crippen molar-refractivity contribution in [2.45, 2.75) is 132 Å². The molecule has 10 heteroatoms. The third kappa shape index (κ3) is 5.79. The lowest BCUT2D eigenvalue weighted by molar-refractivity contribution is -0.253. The van der Waals surface area contributed by atoms with E-state index >= 15 is 0 Å². The number of rotatable bonds is 9. The van der Waals surface area contributed by atoms with Crippen LogP contribution >= 0.6 is 0 Å². The van der Waals surface area contributed by atoms with Gasteiger partial charge in [-0.2, -0.15) is 5.10 Å². The lowest BCUT2D eigenvalue weighted by atomic mass is 9.34. The summed E-state index contributed by atoms with van der Waals surface area (Å²) in [5, 5.41) is 16.2. The number of nitrogens with two attached hydrogens (primary N) is 1. The number of carboxylic acid groups (broad SMARTS) is 1. The fourth-order valence-corrected chi connectivity index (χ4v) is 13.0. The number of hydrogen-bond acceptors (Lipinski definition) is 8. The summed E-state index contributed by atoms with van der Waals surface area (Å²) in [4.78, 5) is 22.8. The number of pyridine rings is 1. The Morgan fingerprint density at radius 1 is 1.07 bits per heavy atom. The Labute approximate surface area is 329 Å². The Kier molecular flexibility index (Phi) is 9.82. The first-order valence-corrected chi connectivity index (χ1v) is 20.9. The number of nitrogens with zero attached hydrogens (tertiary/aromatic N) is 4. The Morgan fingerprint density at radius 3 is 2.45 bits per heavy atom. The molecule has 5 aliphatic rings. The van der Waals surface area contributed by atoms with Crippen molar-refractivity contribution in [3.05, 3.63) is 36.3 Å². The molecule has 10 nitrogen and oxygen atoms in total. The van der Waals surface area contributed by atoms with Crippen molar-refractivity contribution >= 4 is 5.97 Å². The van der Waals surface area contributed by atoms with Crippen LogP contribution in [-0.4, -0.2) is 69.4 Å². The molecule has 3 heterocycles. The summed E-state index contributed by atoms with van der Waals surface area (Å²) in [5.74, 6) is 1.50.